The van der Waals surface area contributed by atoms with Gasteiger partial charge in [-0.3, -0.25) is 4.79 Å². The van der Waals surface area contributed by atoms with Gasteiger partial charge in [0.05, 0.1) is 30.8 Å². The zero-order chi connectivity index (χ0) is 14.6. The molecule has 0 aromatic carbocycles. The zero-order valence-corrected chi connectivity index (χ0v) is 13.1. The number of thiol groups is 1. The van der Waals surface area contributed by atoms with E-state index in [9.17, 15) is 4.79 Å². The minimum atomic E-state index is -0.881. The lowest BCUT2D eigenvalue weighted by atomic mass is 10.8. The van der Waals surface area contributed by atoms with Gasteiger partial charge in [-0.05, 0) is 0 Å². The first-order valence-corrected chi connectivity index (χ1v) is 8.96. The van der Waals surface area contributed by atoms with E-state index in [1.54, 1.807) is 11.8 Å². The van der Waals surface area contributed by atoms with Gasteiger partial charge in [0.25, 0.3) is 0 Å². The van der Waals surface area contributed by atoms with Crippen molar-refractivity contribution in [1.82, 2.24) is 0 Å². The Bertz CT molecular complexity index is 144. The Hall–Kier alpha value is 0.710. The Morgan fingerprint density at radius 1 is 0.944 bits per heavy atom. The van der Waals surface area contributed by atoms with Gasteiger partial charge in [0.15, 0.2) is 0 Å². The maximum atomic E-state index is 9.29. The van der Waals surface area contributed by atoms with Crippen molar-refractivity contribution in [2.75, 3.05) is 42.4 Å². The molecule has 10 heteroatoms. The highest BCUT2D eigenvalue weighted by atomic mass is 33.1. The van der Waals surface area contributed by atoms with Crippen LogP contribution in [-0.4, -0.2) is 73.9 Å². The van der Waals surface area contributed by atoms with Gasteiger partial charge in [-0.2, -0.15) is 24.4 Å². The summed E-state index contributed by atoms with van der Waals surface area (Å²) in [6.07, 6.45) is 0. The monoisotopic (exact) mass is 340 g/mol. The topological polar surface area (TPSA) is 118 Å². The molecular weight excluding hydrogens is 320 g/mol. The third-order valence-electron chi connectivity index (χ3n) is 0.795. The van der Waals surface area contributed by atoms with Crippen LogP contribution in [0.3, 0.4) is 0 Å². The van der Waals surface area contributed by atoms with E-state index in [1.807, 2.05) is 0 Å². The van der Waals surface area contributed by atoms with Gasteiger partial charge in [-0.15, -0.1) is 0 Å². The van der Waals surface area contributed by atoms with Crippen molar-refractivity contribution in [2.24, 2.45) is 0 Å². The van der Waals surface area contributed by atoms with Gasteiger partial charge in [0, 0.05) is 11.5 Å². The Morgan fingerprint density at radius 2 is 1.28 bits per heavy atom. The summed E-state index contributed by atoms with van der Waals surface area (Å²) in [5, 5.41) is 40.1. The third kappa shape index (κ3) is 43.7. The fourth-order valence-electron chi connectivity index (χ4n) is 0.306. The number of carboxylic acid groups (broad SMARTS) is 1. The second-order valence-electron chi connectivity index (χ2n) is 2.11. The molecule has 5 N–H and O–H groups in total. The number of thioether (sulfide) groups is 1. The first kappa shape index (κ1) is 23.8. The molecule has 0 rings (SSSR count). The second kappa shape index (κ2) is 26.3. The molecule has 6 nitrogen and oxygen atoms in total. The normalized spacial score (nSPS) is 8.72. The molecule has 0 aromatic heterocycles. The summed E-state index contributed by atoms with van der Waals surface area (Å²) in [7, 11) is 2.46. The molecule has 0 amide bonds. The van der Waals surface area contributed by atoms with Crippen LogP contribution in [0.25, 0.3) is 0 Å². The van der Waals surface area contributed by atoms with Crippen LogP contribution in [-0.2, 0) is 4.79 Å². The van der Waals surface area contributed by atoms with E-state index >= 15 is 0 Å². The van der Waals surface area contributed by atoms with E-state index in [0.717, 1.165) is 11.5 Å². The molecular formula is C8H20O6S4. The van der Waals surface area contributed by atoms with Crippen LogP contribution in [0.5, 0.6) is 0 Å². The van der Waals surface area contributed by atoms with Gasteiger partial charge >= 0.3 is 5.97 Å². The molecule has 0 unspecified atom stereocenters. The van der Waals surface area contributed by atoms with Gasteiger partial charge in [0.1, 0.15) is 0 Å². The molecule has 0 heterocycles. The zero-order valence-electron chi connectivity index (χ0n) is 9.77. The predicted molar refractivity (Wildman–Crippen MR) is 82.3 cm³/mol. The molecule has 0 aliphatic heterocycles. The smallest absolute Gasteiger partial charge is 0.313 e. The molecule has 0 fully saturated rings. The van der Waals surface area contributed by atoms with Gasteiger partial charge in [0.2, 0.25) is 0 Å². The molecule has 112 valence electrons. The number of rotatable bonds is 8. The van der Waals surface area contributed by atoms with E-state index in [4.69, 9.17) is 25.5 Å². The van der Waals surface area contributed by atoms with Crippen LogP contribution in [0.15, 0.2) is 0 Å². The highest BCUT2D eigenvalue weighted by Gasteiger charge is 1.82. The summed E-state index contributed by atoms with van der Waals surface area (Å²) < 4.78 is 0. The number of aliphatic carboxylic acids is 1. The first-order chi connectivity index (χ1) is 8.60. The van der Waals surface area contributed by atoms with Crippen LogP contribution in [0.1, 0.15) is 0 Å². The molecule has 0 aliphatic rings. The van der Waals surface area contributed by atoms with E-state index in [1.165, 1.54) is 21.6 Å². The number of aliphatic hydroxyl groups excluding tert-OH is 4. The number of hydrogen-bond acceptors (Lipinski definition) is 9. The number of aliphatic hydroxyl groups is 4. The fraction of sp³-hybridized carbons (Fsp3) is 0.875. The summed E-state index contributed by atoms with van der Waals surface area (Å²) >= 11 is 4.97. The largest absolute Gasteiger partial charge is 0.481 e. The standard InChI is InChI=1S/C4H10O2S.C2H6O2S2.C2H4O2S/c5-1-3-7-4-2-6;3-1-5-6-2-4;3-2(4)1-5/h5-6H,1-4H2;3-4H,1-2H2;5H,1H2,(H,3,4). The maximum absolute atomic E-state index is 9.29. The van der Waals surface area contributed by atoms with Gasteiger partial charge < -0.3 is 25.5 Å². The number of hydrogen-bond donors (Lipinski definition) is 6. The maximum Gasteiger partial charge on any atom is 0.313 e. The molecule has 0 saturated heterocycles. The summed E-state index contributed by atoms with van der Waals surface area (Å²) in [4.78, 5) is 9.29. The fourth-order valence-corrected chi connectivity index (χ4v) is 1.36. The summed E-state index contributed by atoms with van der Waals surface area (Å²) in [6, 6.07) is 0. The molecule has 0 aliphatic carbocycles. The second-order valence-corrected chi connectivity index (χ2v) is 6.05. The van der Waals surface area contributed by atoms with E-state index in [-0.39, 0.29) is 30.8 Å². The van der Waals surface area contributed by atoms with Crippen LogP contribution in [0.4, 0.5) is 0 Å². The van der Waals surface area contributed by atoms with Crippen molar-refractivity contribution in [3.63, 3.8) is 0 Å². The van der Waals surface area contributed by atoms with Crippen molar-refractivity contribution in [2.45, 2.75) is 0 Å². The highest BCUT2D eigenvalue weighted by molar-refractivity contribution is 8.76. The van der Waals surface area contributed by atoms with Crippen molar-refractivity contribution in [1.29, 1.82) is 0 Å². The Balaban J connectivity index is -0.000000190. The molecule has 0 aromatic rings. The minimum Gasteiger partial charge on any atom is -0.481 e. The average molecular weight is 341 g/mol. The van der Waals surface area contributed by atoms with E-state index in [0.29, 0.717) is 0 Å². The molecule has 0 saturated carbocycles. The molecule has 0 bridgehead atoms. The van der Waals surface area contributed by atoms with Crippen molar-refractivity contribution in [3.05, 3.63) is 0 Å². The Morgan fingerprint density at radius 3 is 1.44 bits per heavy atom. The molecule has 0 spiro atoms. The van der Waals surface area contributed by atoms with Gasteiger partial charge in [-0.25, -0.2) is 0 Å². The lowest BCUT2D eigenvalue weighted by molar-refractivity contribution is -0.133. The van der Waals surface area contributed by atoms with Crippen LogP contribution >= 0.6 is 46.0 Å². The lowest BCUT2D eigenvalue weighted by Crippen LogP contribution is -1.92. The predicted octanol–water partition coefficient (Wildman–Crippen LogP) is -0.0276. The summed E-state index contributed by atoms with van der Waals surface area (Å²) in [6.45, 7) is 0.426. The minimum absolute atomic E-state index is 0.0746. The van der Waals surface area contributed by atoms with Crippen molar-refractivity contribution >= 4 is 51.9 Å². The Kier molecular flexibility index (Phi) is 34.8. The van der Waals surface area contributed by atoms with E-state index in [2.05, 4.69) is 12.6 Å². The summed E-state index contributed by atoms with van der Waals surface area (Å²) in [5.41, 5.74) is 0. The molecule has 18 heavy (non-hydrogen) atoms. The first-order valence-electron chi connectivity index (χ1n) is 4.68. The number of carboxylic acids is 1. The lowest BCUT2D eigenvalue weighted by Gasteiger charge is -1.90. The van der Waals surface area contributed by atoms with Crippen LogP contribution < -0.4 is 0 Å². The van der Waals surface area contributed by atoms with Crippen LogP contribution in [0, 0.1) is 0 Å². The third-order valence-corrected chi connectivity index (χ3v) is 3.52. The van der Waals surface area contributed by atoms with Crippen molar-refractivity contribution < 1.29 is 30.3 Å². The van der Waals surface area contributed by atoms with Gasteiger partial charge in [-0.1, -0.05) is 21.6 Å². The Labute approximate surface area is 124 Å². The van der Waals surface area contributed by atoms with E-state index < -0.39 is 5.97 Å². The summed E-state index contributed by atoms with van der Waals surface area (Å²) in [5.74, 6) is 0.658. The SMILES string of the molecule is O=C(O)CS.OCCSCCO.OCSSCO. The molecule has 0 atom stereocenters. The van der Waals surface area contributed by atoms with Crippen LogP contribution in [0.2, 0.25) is 0 Å². The quantitative estimate of drug-likeness (QED) is 0.157. The highest BCUT2D eigenvalue weighted by Crippen LogP contribution is 2.16. The molecule has 0 radical (unpaired) electrons. The number of carbonyl (C=O) groups is 1. The average Bonchev–Trinajstić information content (AvgIpc) is 2.38. The van der Waals surface area contributed by atoms with Crippen molar-refractivity contribution in [3.8, 4) is 0 Å².